The maximum Gasteiger partial charge on any atom is 0.317 e. The maximum atomic E-state index is 12.4. The number of nitrogens with zero attached hydrogens (tertiary/aromatic N) is 2. The number of carbonyl (C=O) groups is 1. The Kier molecular flexibility index (Phi) is 5.41. The fourth-order valence-electron chi connectivity index (χ4n) is 3.43. The molecule has 5 nitrogen and oxygen atoms in total. The quantitative estimate of drug-likeness (QED) is 0.834. The van der Waals surface area contributed by atoms with Crippen molar-refractivity contribution in [3.63, 3.8) is 0 Å². The Labute approximate surface area is 143 Å². The van der Waals surface area contributed by atoms with Gasteiger partial charge in [-0.3, -0.25) is 0 Å². The molecule has 0 spiro atoms. The molecule has 2 N–H and O–H groups in total. The van der Waals surface area contributed by atoms with Crippen molar-refractivity contribution >= 4 is 11.7 Å². The van der Waals surface area contributed by atoms with Gasteiger partial charge in [-0.1, -0.05) is 24.3 Å². The first kappa shape index (κ1) is 16.8. The van der Waals surface area contributed by atoms with E-state index in [1.807, 2.05) is 24.0 Å². The summed E-state index contributed by atoms with van der Waals surface area (Å²) in [5.41, 5.74) is 2.30. The van der Waals surface area contributed by atoms with Crippen LogP contribution in [0.25, 0.3) is 0 Å². The Balaban J connectivity index is 1.53. The van der Waals surface area contributed by atoms with Gasteiger partial charge in [-0.15, -0.1) is 0 Å². The molecule has 5 heteroatoms. The topological polar surface area (TPSA) is 55.8 Å². The number of aliphatic hydroxyl groups excluding tert-OH is 1. The summed E-state index contributed by atoms with van der Waals surface area (Å²) in [6.45, 7) is 5.65. The van der Waals surface area contributed by atoms with E-state index in [-0.39, 0.29) is 18.1 Å². The molecule has 2 unspecified atom stereocenters. The van der Waals surface area contributed by atoms with Gasteiger partial charge in [0.05, 0.1) is 6.10 Å². The van der Waals surface area contributed by atoms with E-state index < -0.39 is 0 Å². The molecular formula is C19H27N3O2. The summed E-state index contributed by atoms with van der Waals surface area (Å²) in [7, 11) is 0. The molecule has 1 saturated heterocycles. The minimum atomic E-state index is -0.355. The predicted molar refractivity (Wildman–Crippen MR) is 96.0 cm³/mol. The Morgan fingerprint density at radius 1 is 1.38 bits per heavy atom. The van der Waals surface area contributed by atoms with Gasteiger partial charge in [0.25, 0.3) is 0 Å². The Hall–Kier alpha value is -2.01. The molecule has 2 aliphatic rings. The van der Waals surface area contributed by atoms with E-state index in [1.165, 1.54) is 5.69 Å². The van der Waals surface area contributed by atoms with E-state index >= 15 is 0 Å². The van der Waals surface area contributed by atoms with Crippen LogP contribution in [0.3, 0.4) is 0 Å². The molecule has 0 aromatic heterocycles. The first-order chi connectivity index (χ1) is 11.6. The number of hydrogen-bond acceptors (Lipinski definition) is 3. The number of rotatable bonds is 4. The molecular weight excluding hydrogens is 302 g/mol. The number of carbonyl (C=O) groups excluding carboxylic acids is 1. The molecule has 0 aliphatic carbocycles. The van der Waals surface area contributed by atoms with E-state index in [2.05, 4.69) is 34.5 Å². The molecule has 24 heavy (non-hydrogen) atoms. The minimum Gasteiger partial charge on any atom is -0.393 e. The summed E-state index contributed by atoms with van der Waals surface area (Å²) >= 11 is 0. The van der Waals surface area contributed by atoms with Gasteiger partial charge in [-0.2, -0.15) is 0 Å². The molecule has 2 aliphatic heterocycles. The summed E-state index contributed by atoms with van der Waals surface area (Å²) in [6, 6.07) is 8.30. The first-order valence-corrected chi connectivity index (χ1v) is 8.83. The zero-order valence-electron chi connectivity index (χ0n) is 14.3. The fourth-order valence-corrected chi connectivity index (χ4v) is 3.43. The molecule has 3 rings (SSSR count). The maximum absolute atomic E-state index is 12.4. The Morgan fingerprint density at radius 3 is 2.92 bits per heavy atom. The largest absolute Gasteiger partial charge is 0.393 e. The summed E-state index contributed by atoms with van der Waals surface area (Å²) < 4.78 is 0. The van der Waals surface area contributed by atoms with Crippen LogP contribution < -0.4 is 10.2 Å². The number of benzene rings is 1. The van der Waals surface area contributed by atoms with Crippen LogP contribution in [0.1, 0.15) is 25.3 Å². The third-order valence-electron chi connectivity index (χ3n) is 4.96. The molecule has 0 radical (unpaired) electrons. The van der Waals surface area contributed by atoms with E-state index in [1.54, 1.807) is 0 Å². The molecule has 1 fully saturated rings. The molecule has 0 saturated carbocycles. The van der Waals surface area contributed by atoms with Crippen molar-refractivity contribution < 1.29 is 9.90 Å². The van der Waals surface area contributed by atoms with Gasteiger partial charge in [0.15, 0.2) is 0 Å². The van der Waals surface area contributed by atoms with Crippen LogP contribution in [-0.2, 0) is 6.54 Å². The van der Waals surface area contributed by atoms with Crippen LogP contribution in [0.15, 0.2) is 36.4 Å². The third-order valence-corrected chi connectivity index (χ3v) is 4.96. The van der Waals surface area contributed by atoms with Crippen LogP contribution in [0.4, 0.5) is 10.5 Å². The highest BCUT2D eigenvalue weighted by molar-refractivity contribution is 5.74. The standard InChI is InChI=1S/C19H27N3O2/c1-15(23)17-7-5-11-22(14-17)19(24)20-13-16-6-4-8-18(12-16)21-9-2-3-10-21/h2-4,6,8,12,15,17,23H,5,7,9-11,13-14H2,1H3,(H,20,24). The molecule has 130 valence electrons. The van der Waals surface area contributed by atoms with Crippen LogP contribution >= 0.6 is 0 Å². The second-order valence-electron chi connectivity index (χ2n) is 6.79. The molecule has 2 amide bonds. The van der Waals surface area contributed by atoms with Gasteiger partial charge in [-0.25, -0.2) is 4.79 Å². The lowest BCUT2D eigenvalue weighted by Gasteiger charge is -2.34. The average molecular weight is 329 g/mol. The summed E-state index contributed by atoms with van der Waals surface area (Å²) in [6.07, 6.45) is 5.94. The van der Waals surface area contributed by atoms with Gasteiger partial charge in [0.2, 0.25) is 0 Å². The average Bonchev–Trinajstić information content (AvgIpc) is 3.15. The Morgan fingerprint density at radius 2 is 2.17 bits per heavy atom. The smallest absolute Gasteiger partial charge is 0.317 e. The number of amides is 2. The summed E-state index contributed by atoms with van der Waals surface area (Å²) in [4.78, 5) is 16.5. The van der Waals surface area contributed by atoms with Crippen LogP contribution in [0.5, 0.6) is 0 Å². The summed E-state index contributed by atoms with van der Waals surface area (Å²) in [5.74, 6) is 0.190. The lowest BCUT2D eigenvalue weighted by molar-refractivity contribution is 0.0738. The van der Waals surface area contributed by atoms with Gasteiger partial charge in [0.1, 0.15) is 0 Å². The van der Waals surface area contributed by atoms with Crippen molar-refractivity contribution in [1.82, 2.24) is 10.2 Å². The van der Waals surface area contributed by atoms with Crippen LogP contribution in [0, 0.1) is 5.92 Å². The van der Waals surface area contributed by atoms with Crippen LogP contribution in [0.2, 0.25) is 0 Å². The SMILES string of the molecule is CC(O)C1CCCN(C(=O)NCc2cccc(N3CC=CC3)c2)C1. The van der Waals surface area contributed by atoms with Crippen molar-refractivity contribution in [3.8, 4) is 0 Å². The number of urea groups is 1. The van der Waals surface area contributed by atoms with Gasteiger partial charge in [-0.05, 0) is 37.5 Å². The Bertz CT molecular complexity index is 592. The van der Waals surface area contributed by atoms with E-state index in [0.29, 0.717) is 13.1 Å². The molecule has 1 aromatic rings. The summed E-state index contributed by atoms with van der Waals surface area (Å²) in [5, 5.41) is 12.8. The number of anilines is 1. The first-order valence-electron chi connectivity index (χ1n) is 8.83. The van der Waals surface area contributed by atoms with Crippen molar-refractivity contribution in [2.24, 2.45) is 5.92 Å². The van der Waals surface area contributed by atoms with Gasteiger partial charge >= 0.3 is 6.03 Å². The zero-order valence-corrected chi connectivity index (χ0v) is 14.3. The molecule has 2 heterocycles. The lowest BCUT2D eigenvalue weighted by atomic mass is 9.94. The second kappa shape index (κ2) is 7.71. The van der Waals surface area contributed by atoms with E-state index in [0.717, 1.165) is 38.0 Å². The van der Waals surface area contributed by atoms with E-state index in [9.17, 15) is 9.90 Å². The minimum absolute atomic E-state index is 0.0337. The molecule has 1 aromatic carbocycles. The van der Waals surface area contributed by atoms with E-state index in [4.69, 9.17) is 0 Å². The lowest BCUT2D eigenvalue weighted by Crippen LogP contribution is -2.47. The number of likely N-dealkylation sites (tertiary alicyclic amines) is 1. The second-order valence-corrected chi connectivity index (χ2v) is 6.79. The number of piperidine rings is 1. The third kappa shape index (κ3) is 4.09. The highest BCUT2D eigenvalue weighted by Crippen LogP contribution is 2.20. The van der Waals surface area contributed by atoms with Crippen LogP contribution in [-0.4, -0.2) is 48.3 Å². The van der Waals surface area contributed by atoms with Gasteiger partial charge < -0.3 is 20.2 Å². The fraction of sp³-hybridized carbons (Fsp3) is 0.526. The number of hydrogen-bond donors (Lipinski definition) is 2. The molecule has 2 atom stereocenters. The van der Waals surface area contributed by atoms with Crippen molar-refractivity contribution in [1.29, 1.82) is 0 Å². The predicted octanol–water partition coefficient (Wildman–Crippen LogP) is 2.37. The molecule has 0 bridgehead atoms. The monoisotopic (exact) mass is 329 g/mol. The normalized spacial score (nSPS) is 21.8. The number of nitrogens with one attached hydrogen (secondary N) is 1. The number of aliphatic hydroxyl groups is 1. The van der Waals surface area contributed by atoms with Crippen molar-refractivity contribution in [3.05, 3.63) is 42.0 Å². The van der Waals surface area contributed by atoms with Crippen molar-refractivity contribution in [2.45, 2.75) is 32.4 Å². The zero-order chi connectivity index (χ0) is 16.9. The highest BCUT2D eigenvalue weighted by atomic mass is 16.3. The van der Waals surface area contributed by atoms with Crippen molar-refractivity contribution in [2.75, 3.05) is 31.1 Å². The van der Waals surface area contributed by atoms with Gasteiger partial charge in [0, 0.05) is 44.3 Å². The highest BCUT2D eigenvalue weighted by Gasteiger charge is 2.26.